The number of piperidine rings is 1. The highest BCUT2D eigenvalue weighted by Gasteiger charge is 2.33. The highest BCUT2D eigenvalue weighted by molar-refractivity contribution is 7.89. The zero-order valence-electron chi connectivity index (χ0n) is 19.2. The lowest BCUT2D eigenvalue weighted by Gasteiger charge is -2.30. The predicted octanol–water partition coefficient (Wildman–Crippen LogP) is 3.13. The van der Waals surface area contributed by atoms with Gasteiger partial charge >= 0.3 is 11.9 Å². The molecule has 10 heteroatoms. The van der Waals surface area contributed by atoms with Crippen LogP contribution in [0.2, 0.25) is 0 Å². The maximum absolute atomic E-state index is 13.0. The van der Waals surface area contributed by atoms with Crippen molar-refractivity contribution >= 4 is 27.5 Å². The molecule has 0 aliphatic carbocycles. The average molecular weight is 496 g/mol. The van der Waals surface area contributed by atoms with Gasteiger partial charge in [-0.3, -0.25) is 4.79 Å². The summed E-state index contributed by atoms with van der Waals surface area (Å²) in [4.78, 5) is 24.5. The van der Waals surface area contributed by atoms with Gasteiger partial charge in [-0.25, -0.2) is 13.2 Å². The van der Waals surface area contributed by atoms with E-state index in [9.17, 15) is 23.3 Å². The molecule has 1 saturated heterocycles. The molecule has 0 bridgehead atoms. The molecule has 0 N–H and O–H groups in total. The number of benzene rings is 1. The van der Waals surface area contributed by atoms with Gasteiger partial charge in [0.2, 0.25) is 10.0 Å². The van der Waals surface area contributed by atoms with Crippen LogP contribution < -0.4 is 0 Å². The SMILES string of the molecule is CCOC(=O)c1ccc(S(=O)(=O)N2CCC(C(=O)OCc3cn4ccccc4c3C#N)CC2)cc1. The van der Waals surface area contributed by atoms with Crippen LogP contribution in [0.4, 0.5) is 0 Å². The van der Waals surface area contributed by atoms with Gasteiger partial charge in [0.15, 0.2) is 0 Å². The number of carbonyl (C=O) groups is 2. The molecule has 9 nitrogen and oxygen atoms in total. The van der Waals surface area contributed by atoms with Crippen LogP contribution in [0, 0.1) is 17.2 Å². The summed E-state index contributed by atoms with van der Waals surface area (Å²) in [7, 11) is -3.75. The number of nitriles is 1. The number of pyridine rings is 1. The molecule has 1 aliphatic heterocycles. The fraction of sp³-hybridized carbons (Fsp3) is 0.320. The van der Waals surface area contributed by atoms with Crippen molar-refractivity contribution < 1.29 is 27.5 Å². The molecule has 182 valence electrons. The van der Waals surface area contributed by atoms with Gasteiger partial charge in [-0.05, 0) is 56.2 Å². The Bertz CT molecular complexity index is 1380. The Balaban J connectivity index is 1.35. The number of carbonyl (C=O) groups excluding carboxylic acids is 2. The molecule has 0 amide bonds. The molecule has 3 heterocycles. The second kappa shape index (κ2) is 10.3. The van der Waals surface area contributed by atoms with Gasteiger partial charge in [-0.2, -0.15) is 9.57 Å². The van der Waals surface area contributed by atoms with Gasteiger partial charge < -0.3 is 13.9 Å². The first-order valence-electron chi connectivity index (χ1n) is 11.3. The van der Waals surface area contributed by atoms with Gasteiger partial charge in [0.1, 0.15) is 12.7 Å². The van der Waals surface area contributed by atoms with Crippen molar-refractivity contribution in [2.75, 3.05) is 19.7 Å². The molecule has 1 aliphatic rings. The molecule has 2 aromatic heterocycles. The van der Waals surface area contributed by atoms with Crippen LogP contribution in [0.25, 0.3) is 5.52 Å². The van der Waals surface area contributed by atoms with Crippen LogP contribution in [0.15, 0.2) is 59.8 Å². The van der Waals surface area contributed by atoms with E-state index in [0.29, 0.717) is 24.0 Å². The van der Waals surface area contributed by atoms with E-state index >= 15 is 0 Å². The smallest absolute Gasteiger partial charge is 0.338 e. The molecule has 0 radical (unpaired) electrons. The minimum atomic E-state index is -3.75. The van der Waals surface area contributed by atoms with Crippen molar-refractivity contribution in [1.82, 2.24) is 8.71 Å². The monoisotopic (exact) mass is 495 g/mol. The summed E-state index contributed by atoms with van der Waals surface area (Å²) < 4.78 is 39.5. The Kier molecular flexibility index (Phi) is 7.19. The molecule has 1 fully saturated rings. The Labute approximate surface area is 203 Å². The van der Waals surface area contributed by atoms with E-state index in [-0.39, 0.29) is 36.8 Å². The molecule has 4 rings (SSSR count). The van der Waals surface area contributed by atoms with Crippen LogP contribution in [-0.4, -0.2) is 48.8 Å². The van der Waals surface area contributed by atoms with Gasteiger partial charge in [-0.1, -0.05) is 6.07 Å². The Hall–Kier alpha value is -3.68. The van der Waals surface area contributed by atoms with Crippen LogP contribution >= 0.6 is 0 Å². The number of esters is 2. The third-order valence-corrected chi connectivity index (χ3v) is 7.95. The summed E-state index contributed by atoms with van der Waals surface area (Å²) in [6.45, 7) is 2.28. The molecular weight excluding hydrogens is 470 g/mol. The third kappa shape index (κ3) is 5.06. The van der Waals surface area contributed by atoms with Crippen LogP contribution in [0.3, 0.4) is 0 Å². The van der Waals surface area contributed by atoms with Crippen LogP contribution in [-0.2, 0) is 30.9 Å². The predicted molar refractivity (Wildman–Crippen MR) is 126 cm³/mol. The maximum Gasteiger partial charge on any atom is 0.338 e. The van der Waals surface area contributed by atoms with Crippen molar-refractivity contribution in [1.29, 1.82) is 5.26 Å². The number of hydrogen-bond donors (Lipinski definition) is 0. The summed E-state index contributed by atoms with van der Waals surface area (Å²) in [5.41, 5.74) is 2.12. The fourth-order valence-electron chi connectivity index (χ4n) is 4.14. The lowest BCUT2D eigenvalue weighted by atomic mass is 9.98. The second-order valence-electron chi connectivity index (χ2n) is 8.17. The number of aromatic nitrogens is 1. The number of sulfonamides is 1. The van der Waals surface area contributed by atoms with Crippen molar-refractivity contribution in [2.24, 2.45) is 5.92 Å². The van der Waals surface area contributed by atoms with Crippen molar-refractivity contribution in [3.05, 3.63) is 71.5 Å². The molecule has 0 unspecified atom stereocenters. The normalized spacial score (nSPS) is 15.0. The summed E-state index contributed by atoms with van der Waals surface area (Å²) in [5, 5.41) is 9.50. The number of hydrogen-bond acceptors (Lipinski definition) is 7. The topological polar surface area (TPSA) is 118 Å². The van der Waals surface area contributed by atoms with E-state index in [2.05, 4.69) is 6.07 Å². The molecule has 0 atom stereocenters. The van der Waals surface area contributed by atoms with E-state index < -0.39 is 27.9 Å². The van der Waals surface area contributed by atoms with E-state index in [1.54, 1.807) is 13.1 Å². The zero-order chi connectivity index (χ0) is 25.0. The fourth-order valence-corrected chi connectivity index (χ4v) is 5.61. The van der Waals surface area contributed by atoms with Gasteiger partial charge in [0.25, 0.3) is 0 Å². The van der Waals surface area contributed by atoms with Crippen molar-refractivity contribution in [3.8, 4) is 6.07 Å². The van der Waals surface area contributed by atoms with Crippen molar-refractivity contribution in [3.63, 3.8) is 0 Å². The summed E-state index contributed by atoms with van der Waals surface area (Å²) in [6, 6.07) is 13.3. The number of fused-ring (bicyclic) bond motifs is 1. The second-order valence-corrected chi connectivity index (χ2v) is 10.1. The van der Waals surface area contributed by atoms with Gasteiger partial charge in [0, 0.05) is 31.0 Å². The molecular formula is C25H25N3O6S. The van der Waals surface area contributed by atoms with E-state index in [1.807, 2.05) is 28.8 Å². The Morgan fingerprint density at radius 2 is 1.80 bits per heavy atom. The quantitative estimate of drug-likeness (QED) is 0.462. The van der Waals surface area contributed by atoms with Crippen LogP contribution in [0.5, 0.6) is 0 Å². The maximum atomic E-state index is 13.0. The van der Waals surface area contributed by atoms with Gasteiger partial charge in [-0.15, -0.1) is 0 Å². The summed E-state index contributed by atoms with van der Waals surface area (Å²) in [5.74, 6) is -1.33. The molecule has 35 heavy (non-hydrogen) atoms. The first-order valence-corrected chi connectivity index (χ1v) is 12.7. The average Bonchev–Trinajstić information content (AvgIpc) is 3.25. The molecule has 0 saturated carbocycles. The number of ether oxygens (including phenoxy) is 2. The number of nitrogens with zero attached hydrogens (tertiary/aromatic N) is 3. The largest absolute Gasteiger partial charge is 0.462 e. The first-order chi connectivity index (χ1) is 16.8. The van der Waals surface area contributed by atoms with E-state index in [4.69, 9.17) is 9.47 Å². The lowest BCUT2D eigenvalue weighted by Crippen LogP contribution is -2.40. The van der Waals surface area contributed by atoms with Crippen LogP contribution in [0.1, 0.15) is 41.3 Å². The lowest BCUT2D eigenvalue weighted by molar-refractivity contribution is -0.151. The molecule has 1 aromatic carbocycles. The minimum absolute atomic E-state index is 0.0191. The zero-order valence-corrected chi connectivity index (χ0v) is 20.0. The van der Waals surface area contributed by atoms with E-state index in [1.165, 1.54) is 28.6 Å². The Morgan fingerprint density at radius 1 is 1.09 bits per heavy atom. The van der Waals surface area contributed by atoms with Crippen molar-refractivity contribution in [2.45, 2.75) is 31.3 Å². The van der Waals surface area contributed by atoms with Gasteiger partial charge in [0.05, 0.1) is 34.1 Å². The third-order valence-electron chi connectivity index (χ3n) is 6.03. The standard InChI is InChI=1S/C25H25N3O6S/c1-2-33-24(29)18-6-8-21(9-7-18)35(31,32)28-13-10-19(11-14-28)25(30)34-17-20-16-27-12-4-3-5-23(27)22(20)15-26/h3-9,12,16,19H,2,10-11,13-14,17H2,1H3. The highest BCUT2D eigenvalue weighted by Crippen LogP contribution is 2.26. The summed E-state index contributed by atoms with van der Waals surface area (Å²) in [6.07, 6.45) is 4.26. The molecule has 0 spiro atoms. The molecule has 3 aromatic rings. The Morgan fingerprint density at radius 3 is 2.46 bits per heavy atom. The summed E-state index contributed by atoms with van der Waals surface area (Å²) >= 11 is 0. The first kappa shape index (κ1) is 24.4. The highest BCUT2D eigenvalue weighted by atomic mass is 32.2. The minimum Gasteiger partial charge on any atom is -0.462 e. The van der Waals surface area contributed by atoms with E-state index in [0.717, 1.165) is 5.52 Å². The number of rotatable bonds is 7.